The van der Waals surface area contributed by atoms with Crippen LogP contribution >= 0.6 is 11.6 Å². The van der Waals surface area contributed by atoms with Crippen molar-refractivity contribution in [2.75, 3.05) is 26.3 Å². The third-order valence-corrected chi connectivity index (χ3v) is 5.65. The fraction of sp³-hybridized carbons (Fsp3) is 0.529. The molecule has 0 radical (unpaired) electrons. The Morgan fingerprint density at radius 3 is 2.96 bits per heavy atom. The van der Waals surface area contributed by atoms with Gasteiger partial charge in [-0.2, -0.15) is 0 Å². The van der Waals surface area contributed by atoms with E-state index < -0.39 is 17.5 Å². The Kier molecular flexibility index (Phi) is 3.69. The van der Waals surface area contributed by atoms with Gasteiger partial charge in [0.15, 0.2) is 6.10 Å². The van der Waals surface area contributed by atoms with Crippen LogP contribution in [0.5, 0.6) is 5.75 Å². The molecule has 1 unspecified atom stereocenters. The van der Waals surface area contributed by atoms with Crippen LogP contribution in [-0.2, 0) is 20.7 Å². The van der Waals surface area contributed by atoms with Crippen molar-refractivity contribution < 1.29 is 24.2 Å². The van der Waals surface area contributed by atoms with Crippen LogP contribution in [0, 0.1) is 11.3 Å². The molecule has 4 rings (SSSR count). The van der Waals surface area contributed by atoms with Crippen LogP contribution in [0.3, 0.4) is 0 Å². The van der Waals surface area contributed by atoms with Crippen molar-refractivity contribution in [3.8, 4) is 5.75 Å². The summed E-state index contributed by atoms with van der Waals surface area (Å²) in [6.07, 6.45) is 0.301. The average molecular weight is 352 g/mol. The van der Waals surface area contributed by atoms with Crippen LogP contribution in [0.2, 0.25) is 5.02 Å². The highest BCUT2D eigenvalue weighted by Gasteiger charge is 2.55. The summed E-state index contributed by atoms with van der Waals surface area (Å²) in [6.45, 7) is 1.44. The highest BCUT2D eigenvalue weighted by Crippen LogP contribution is 2.43. The summed E-state index contributed by atoms with van der Waals surface area (Å²) in [5, 5.41) is 10.3. The number of benzene rings is 1. The Morgan fingerprint density at radius 1 is 1.38 bits per heavy atom. The molecule has 3 aliphatic heterocycles. The highest BCUT2D eigenvalue weighted by molar-refractivity contribution is 6.30. The lowest BCUT2D eigenvalue weighted by atomic mass is 9.74. The van der Waals surface area contributed by atoms with E-state index in [1.54, 1.807) is 23.1 Å². The first kappa shape index (κ1) is 15.7. The maximum absolute atomic E-state index is 12.8. The number of fused-ring (bicyclic) bond motifs is 2. The van der Waals surface area contributed by atoms with Gasteiger partial charge >= 0.3 is 5.97 Å². The van der Waals surface area contributed by atoms with Crippen molar-refractivity contribution in [2.45, 2.75) is 18.9 Å². The monoisotopic (exact) mass is 351 g/mol. The number of nitrogens with zero attached hydrogens (tertiary/aromatic N) is 1. The van der Waals surface area contributed by atoms with Crippen molar-refractivity contribution in [1.29, 1.82) is 0 Å². The number of amides is 1. The Hall–Kier alpha value is -1.79. The van der Waals surface area contributed by atoms with Gasteiger partial charge in [0.2, 0.25) is 0 Å². The number of hydrogen-bond donors (Lipinski definition) is 1. The van der Waals surface area contributed by atoms with E-state index in [1.165, 1.54) is 0 Å². The van der Waals surface area contributed by atoms with E-state index in [9.17, 15) is 14.7 Å². The van der Waals surface area contributed by atoms with Gasteiger partial charge in [-0.3, -0.25) is 9.59 Å². The van der Waals surface area contributed by atoms with Gasteiger partial charge in [-0.1, -0.05) is 11.6 Å². The molecule has 7 heteroatoms. The molecule has 2 fully saturated rings. The molecular weight excluding hydrogens is 334 g/mol. The second-order valence-corrected chi connectivity index (χ2v) is 7.20. The zero-order chi connectivity index (χ0) is 16.9. The molecular formula is C17H18ClNO5. The fourth-order valence-electron chi connectivity index (χ4n) is 4.03. The van der Waals surface area contributed by atoms with Crippen molar-refractivity contribution >= 4 is 23.5 Å². The summed E-state index contributed by atoms with van der Waals surface area (Å²) in [4.78, 5) is 26.3. The third kappa shape index (κ3) is 2.36. The number of likely N-dealkylation sites (tertiary alicyclic amines) is 1. The van der Waals surface area contributed by atoms with Gasteiger partial charge in [-0.15, -0.1) is 0 Å². The lowest BCUT2D eigenvalue weighted by Gasteiger charge is -2.33. The molecule has 0 spiro atoms. The van der Waals surface area contributed by atoms with Gasteiger partial charge in [0.1, 0.15) is 5.75 Å². The topological polar surface area (TPSA) is 76.1 Å². The van der Waals surface area contributed by atoms with E-state index in [0.29, 0.717) is 43.4 Å². The van der Waals surface area contributed by atoms with Crippen LogP contribution in [0.1, 0.15) is 12.0 Å². The number of hydrogen-bond acceptors (Lipinski definition) is 4. The zero-order valence-electron chi connectivity index (χ0n) is 13.0. The molecule has 24 heavy (non-hydrogen) atoms. The van der Waals surface area contributed by atoms with Gasteiger partial charge in [0.05, 0.1) is 12.0 Å². The Balaban J connectivity index is 1.51. The SMILES string of the molecule is O=C(C1Cc2cc(Cl)ccc2O1)N1C[C@H]2COCC[C@@]2(C(=O)O)C1. The maximum Gasteiger partial charge on any atom is 0.311 e. The van der Waals surface area contributed by atoms with Crippen molar-refractivity contribution in [1.82, 2.24) is 4.90 Å². The summed E-state index contributed by atoms with van der Waals surface area (Å²) in [6, 6.07) is 5.30. The lowest BCUT2D eigenvalue weighted by Crippen LogP contribution is -2.45. The minimum absolute atomic E-state index is 0.155. The fourth-order valence-corrected chi connectivity index (χ4v) is 4.22. The molecule has 0 saturated carbocycles. The normalized spacial score (nSPS) is 31.3. The van der Waals surface area contributed by atoms with Crippen LogP contribution in [0.25, 0.3) is 0 Å². The summed E-state index contributed by atoms with van der Waals surface area (Å²) in [5.41, 5.74) is 0.0246. The summed E-state index contributed by atoms with van der Waals surface area (Å²) < 4.78 is 11.2. The molecule has 1 aromatic rings. The first-order valence-corrected chi connectivity index (χ1v) is 8.42. The number of rotatable bonds is 2. The van der Waals surface area contributed by atoms with Crippen LogP contribution < -0.4 is 4.74 Å². The molecule has 1 N–H and O–H groups in total. The van der Waals surface area contributed by atoms with Crippen molar-refractivity contribution in [3.63, 3.8) is 0 Å². The summed E-state index contributed by atoms with van der Waals surface area (Å²) in [7, 11) is 0. The molecule has 1 aromatic carbocycles. The van der Waals surface area contributed by atoms with E-state index in [4.69, 9.17) is 21.1 Å². The summed E-state index contributed by atoms with van der Waals surface area (Å²) in [5.74, 6) is -0.484. The van der Waals surface area contributed by atoms with E-state index in [0.717, 1.165) is 5.56 Å². The smallest absolute Gasteiger partial charge is 0.311 e. The molecule has 128 valence electrons. The van der Waals surface area contributed by atoms with Crippen molar-refractivity contribution in [3.05, 3.63) is 28.8 Å². The molecule has 0 aromatic heterocycles. The average Bonchev–Trinajstić information content (AvgIpc) is 3.15. The van der Waals surface area contributed by atoms with Gasteiger partial charge in [-0.05, 0) is 30.2 Å². The number of carboxylic acids is 1. The van der Waals surface area contributed by atoms with Crippen LogP contribution in [-0.4, -0.2) is 54.3 Å². The first-order chi connectivity index (χ1) is 11.5. The maximum atomic E-state index is 12.8. The van der Waals surface area contributed by atoms with Crippen molar-refractivity contribution in [2.24, 2.45) is 11.3 Å². The van der Waals surface area contributed by atoms with E-state index in [-0.39, 0.29) is 18.4 Å². The molecule has 3 atom stereocenters. The Morgan fingerprint density at radius 2 is 2.21 bits per heavy atom. The molecule has 1 amide bonds. The number of carboxylic acid groups (broad SMARTS) is 1. The van der Waals surface area contributed by atoms with Crippen LogP contribution in [0.15, 0.2) is 18.2 Å². The predicted molar refractivity (Wildman–Crippen MR) is 85.1 cm³/mol. The highest BCUT2D eigenvalue weighted by atomic mass is 35.5. The van der Waals surface area contributed by atoms with E-state index in [1.807, 2.05) is 0 Å². The first-order valence-electron chi connectivity index (χ1n) is 8.04. The number of ether oxygens (including phenoxy) is 2. The molecule has 6 nitrogen and oxygen atoms in total. The molecule has 3 aliphatic rings. The molecule has 2 saturated heterocycles. The number of halogens is 1. The Bertz CT molecular complexity index is 708. The molecule has 0 aliphatic carbocycles. The standard InChI is InChI=1S/C17H18ClNO5/c18-12-1-2-13-10(5-12)6-14(24-13)15(20)19-7-11-8-23-4-3-17(11,9-19)16(21)22/h1-2,5,11,14H,3-4,6-9H2,(H,21,22)/t11-,14?,17+/m0/s1. The summed E-state index contributed by atoms with van der Waals surface area (Å²) >= 11 is 5.98. The number of aliphatic carboxylic acids is 1. The third-order valence-electron chi connectivity index (χ3n) is 5.42. The molecule has 0 bridgehead atoms. The van der Waals surface area contributed by atoms with E-state index in [2.05, 4.69) is 0 Å². The van der Waals surface area contributed by atoms with Gasteiger partial charge in [-0.25, -0.2) is 0 Å². The second kappa shape index (κ2) is 5.63. The minimum Gasteiger partial charge on any atom is -0.481 e. The largest absolute Gasteiger partial charge is 0.481 e. The zero-order valence-corrected chi connectivity index (χ0v) is 13.8. The number of carbonyl (C=O) groups is 2. The van der Waals surface area contributed by atoms with Gasteiger partial charge < -0.3 is 19.5 Å². The quantitative estimate of drug-likeness (QED) is 0.875. The van der Waals surface area contributed by atoms with Gasteiger partial charge in [0.25, 0.3) is 5.91 Å². The van der Waals surface area contributed by atoms with E-state index >= 15 is 0 Å². The number of carbonyl (C=O) groups excluding carboxylic acids is 1. The predicted octanol–water partition coefficient (Wildman–Crippen LogP) is 1.59. The van der Waals surface area contributed by atoms with Crippen LogP contribution in [0.4, 0.5) is 0 Å². The molecule has 3 heterocycles. The second-order valence-electron chi connectivity index (χ2n) is 6.76. The Labute approximate surface area is 144 Å². The lowest BCUT2D eigenvalue weighted by molar-refractivity contribution is -0.157. The van der Waals surface area contributed by atoms with Gasteiger partial charge in [0, 0.05) is 37.1 Å². The minimum atomic E-state index is -0.886.